The molecule has 12 heavy (non-hydrogen) atoms. The first-order chi connectivity index (χ1) is 5.58. The Hall–Kier alpha value is -0.160. The highest BCUT2D eigenvalue weighted by atomic mass is 16.3. The van der Waals surface area contributed by atoms with Gasteiger partial charge < -0.3 is 20.6 Å². The molecule has 0 heterocycles. The summed E-state index contributed by atoms with van der Waals surface area (Å²) in [6.07, 6.45) is 0. The van der Waals surface area contributed by atoms with Crippen molar-refractivity contribution in [3.8, 4) is 0 Å². The Labute approximate surface area is 73.2 Å². The molecule has 0 radical (unpaired) electrons. The monoisotopic (exact) mass is 177 g/mol. The van der Waals surface area contributed by atoms with Gasteiger partial charge in [0.05, 0.1) is 19.8 Å². The summed E-state index contributed by atoms with van der Waals surface area (Å²) in [5.41, 5.74) is -0.497. The Morgan fingerprint density at radius 2 is 1.75 bits per heavy atom. The third-order valence-corrected chi connectivity index (χ3v) is 1.91. The summed E-state index contributed by atoms with van der Waals surface area (Å²) in [5, 5.41) is 29.5. The van der Waals surface area contributed by atoms with E-state index in [4.69, 9.17) is 15.3 Å². The average Bonchev–Trinajstić information content (AvgIpc) is 2.13. The molecular weight excluding hydrogens is 158 g/mol. The maximum atomic E-state index is 8.91. The third kappa shape index (κ3) is 4.01. The van der Waals surface area contributed by atoms with E-state index in [9.17, 15) is 0 Å². The largest absolute Gasteiger partial charge is 0.396 e. The quantitative estimate of drug-likeness (QED) is 0.417. The van der Waals surface area contributed by atoms with Gasteiger partial charge in [0.1, 0.15) is 0 Å². The molecule has 0 bridgehead atoms. The average molecular weight is 177 g/mol. The maximum absolute atomic E-state index is 8.91. The third-order valence-electron chi connectivity index (χ3n) is 1.91. The van der Waals surface area contributed by atoms with Gasteiger partial charge in [-0.2, -0.15) is 0 Å². The van der Waals surface area contributed by atoms with Crippen LogP contribution in [0.15, 0.2) is 0 Å². The van der Waals surface area contributed by atoms with E-state index in [0.29, 0.717) is 6.54 Å². The van der Waals surface area contributed by atoms with Crippen LogP contribution < -0.4 is 5.32 Å². The molecule has 0 aliphatic rings. The number of nitrogens with one attached hydrogen (secondary N) is 1. The molecule has 4 nitrogen and oxygen atoms in total. The van der Waals surface area contributed by atoms with Crippen molar-refractivity contribution >= 4 is 0 Å². The Morgan fingerprint density at radius 1 is 1.25 bits per heavy atom. The lowest BCUT2D eigenvalue weighted by atomic mass is 9.93. The van der Waals surface area contributed by atoms with E-state index in [-0.39, 0.29) is 25.9 Å². The summed E-state index contributed by atoms with van der Waals surface area (Å²) < 4.78 is 0. The van der Waals surface area contributed by atoms with Gasteiger partial charge in [-0.25, -0.2) is 0 Å². The molecule has 1 unspecified atom stereocenters. The van der Waals surface area contributed by atoms with Gasteiger partial charge in [-0.05, 0) is 6.92 Å². The fourth-order valence-corrected chi connectivity index (χ4v) is 0.647. The predicted molar refractivity (Wildman–Crippen MR) is 46.8 cm³/mol. The van der Waals surface area contributed by atoms with Crippen LogP contribution in [0, 0.1) is 5.41 Å². The first kappa shape index (κ1) is 11.8. The number of rotatable bonds is 6. The molecule has 0 saturated heterocycles. The molecule has 4 heteroatoms. The van der Waals surface area contributed by atoms with Gasteiger partial charge in [0.2, 0.25) is 0 Å². The number of hydrogen-bond donors (Lipinski definition) is 4. The van der Waals surface area contributed by atoms with Crippen LogP contribution in [0.4, 0.5) is 0 Å². The lowest BCUT2D eigenvalue weighted by molar-refractivity contribution is 0.0655. The van der Waals surface area contributed by atoms with Crippen LogP contribution in [-0.2, 0) is 0 Å². The minimum absolute atomic E-state index is 0.00225. The predicted octanol–water partition coefficient (Wildman–Crippen LogP) is -1.05. The smallest absolute Gasteiger partial charge is 0.0581 e. The van der Waals surface area contributed by atoms with Crippen molar-refractivity contribution in [3.63, 3.8) is 0 Å². The van der Waals surface area contributed by atoms with Crippen LogP contribution in [-0.4, -0.2) is 47.7 Å². The van der Waals surface area contributed by atoms with Crippen molar-refractivity contribution < 1.29 is 15.3 Å². The van der Waals surface area contributed by atoms with E-state index in [1.807, 2.05) is 6.92 Å². The second kappa shape index (κ2) is 5.48. The highest BCUT2D eigenvalue weighted by molar-refractivity contribution is 4.76. The van der Waals surface area contributed by atoms with E-state index in [1.54, 1.807) is 6.92 Å². The van der Waals surface area contributed by atoms with Gasteiger partial charge in [0, 0.05) is 18.0 Å². The minimum atomic E-state index is -0.497. The molecule has 0 aliphatic carbocycles. The molecule has 0 aliphatic heterocycles. The summed E-state index contributed by atoms with van der Waals surface area (Å²) in [7, 11) is 0. The van der Waals surface area contributed by atoms with Crippen LogP contribution in [0.2, 0.25) is 0 Å². The zero-order chi connectivity index (χ0) is 9.61. The molecule has 0 amide bonds. The standard InChI is InChI=1S/C8H19NO3/c1-7(3-10)9-4-8(2,5-11)6-12/h7,9-12H,3-6H2,1-2H3. The molecule has 0 saturated carbocycles. The van der Waals surface area contributed by atoms with E-state index in [1.165, 1.54) is 0 Å². The van der Waals surface area contributed by atoms with Crippen LogP contribution in [0.3, 0.4) is 0 Å². The maximum Gasteiger partial charge on any atom is 0.0581 e. The van der Waals surface area contributed by atoms with Crippen LogP contribution in [0.1, 0.15) is 13.8 Å². The van der Waals surface area contributed by atoms with Crippen molar-refractivity contribution in [2.45, 2.75) is 19.9 Å². The molecule has 1 atom stereocenters. The fourth-order valence-electron chi connectivity index (χ4n) is 0.647. The fraction of sp³-hybridized carbons (Fsp3) is 1.00. The van der Waals surface area contributed by atoms with Gasteiger partial charge in [-0.1, -0.05) is 6.92 Å². The molecule has 0 aromatic carbocycles. The summed E-state index contributed by atoms with van der Waals surface area (Å²) in [6, 6.07) is 0.00225. The zero-order valence-electron chi connectivity index (χ0n) is 7.75. The second-order valence-corrected chi connectivity index (χ2v) is 3.59. The highest BCUT2D eigenvalue weighted by Gasteiger charge is 2.22. The van der Waals surface area contributed by atoms with Crippen molar-refractivity contribution in [2.75, 3.05) is 26.4 Å². The van der Waals surface area contributed by atoms with Crippen molar-refractivity contribution in [2.24, 2.45) is 5.41 Å². The van der Waals surface area contributed by atoms with Gasteiger partial charge >= 0.3 is 0 Å². The van der Waals surface area contributed by atoms with Crippen LogP contribution in [0.25, 0.3) is 0 Å². The normalized spacial score (nSPS) is 14.8. The zero-order valence-corrected chi connectivity index (χ0v) is 7.75. The van der Waals surface area contributed by atoms with Crippen LogP contribution in [0.5, 0.6) is 0 Å². The molecule has 0 fully saturated rings. The van der Waals surface area contributed by atoms with E-state index < -0.39 is 5.41 Å². The Bertz CT molecular complexity index is 115. The van der Waals surface area contributed by atoms with Gasteiger partial charge in [0.15, 0.2) is 0 Å². The number of aliphatic hydroxyl groups excluding tert-OH is 3. The second-order valence-electron chi connectivity index (χ2n) is 3.59. The Balaban J connectivity index is 3.72. The topological polar surface area (TPSA) is 72.7 Å². The van der Waals surface area contributed by atoms with Gasteiger partial charge in [-0.3, -0.25) is 0 Å². The van der Waals surface area contributed by atoms with E-state index >= 15 is 0 Å². The molecular formula is C8H19NO3. The summed E-state index contributed by atoms with van der Waals surface area (Å²) in [6.45, 7) is 4.07. The van der Waals surface area contributed by atoms with Gasteiger partial charge in [-0.15, -0.1) is 0 Å². The first-order valence-electron chi connectivity index (χ1n) is 4.14. The van der Waals surface area contributed by atoms with Crippen molar-refractivity contribution in [1.29, 1.82) is 0 Å². The molecule has 0 spiro atoms. The summed E-state index contributed by atoms with van der Waals surface area (Å²) >= 11 is 0. The Kier molecular flexibility index (Phi) is 5.41. The minimum Gasteiger partial charge on any atom is -0.396 e. The summed E-state index contributed by atoms with van der Waals surface area (Å²) in [4.78, 5) is 0. The molecule has 0 aromatic rings. The number of hydrogen-bond acceptors (Lipinski definition) is 4. The van der Waals surface area contributed by atoms with Gasteiger partial charge in [0.25, 0.3) is 0 Å². The van der Waals surface area contributed by atoms with E-state index in [2.05, 4.69) is 5.32 Å². The van der Waals surface area contributed by atoms with Crippen LogP contribution >= 0.6 is 0 Å². The van der Waals surface area contributed by atoms with Crippen molar-refractivity contribution in [3.05, 3.63) is 0 Å². The molecule has 0 aromatic heterocycles. The summed E-state index contributed by atoms with van der Waals surface area (Å²) in [5.74, 6) is 0. The lowest BCUT2D eigenvalue weighted by Crippen LogP contribution is -2.42. The number of aliphatic hydroxyl groups is 3. The molecule has 0 rings (SSSR count). The lowest BCUT2D eigenvalue weighted by Gasteiger charge is -2.26. The van der Waals surface area contributed by atoms with Crippen molar-refractivity contribution in [1.82, 2.24) is 5.32 Å². The SMILES string of the molecule is CC(CO)NCC(C)(CO)CO. The van der Waals surface area contributed by atoms with E-state index in [0.717, 1.165) is 0 Å². The highest BCUT2D eigenvalue weighted by Crippen LogP contribution is 2.12. The Morgan fingerprint density at radius 3 is 2.08 bits per heavy atom. The molecule has 4 N–H and O–H groups in total. The first-order valence-corrected chi connectivity index (χ1v) is 4.14. The molecule has 74 valence electrons.